The molecule has 8 heteroatoms. The fourth-order valence-corrected chi connectivity index (χ4v) is 4.15. The Kier molecular flexibility index (Phi) is 7.79. The molecule has 30 heavy (non-hydrogen) atoms. The molecule has 2 aliphatic heterocycles. The van der Waals surface area contributed by atoms with Crippen molar-refractivity contribution in [1.82, 2.24) is 14.7 Å². The van der Waals surface area contributed by atoms with Crippen LogP contribution in [0.4, 0.5) is 0 Å². The monoisotopic (exact) mass is 419 g/mol. The van der Waals surface area contributed by atoms with E-state index in [1.54, 1.807) is 26.2 Å². The quantitative estimate of drug-likeness (QED) is 0.671. The number of hydrogen-bond donors (Lipinski definition) is 0. The maximum absolute atomic E-state index is 12.7. The number of benzene rings is 1. The lowest BCUT2D eigenvalue weighted by Crippen LogP contribution is -2.51. The van der Waals surface area contributed by atoms with Crippen LogP contribution in [0.5, 0.6) is 17.2 Å². The summed E-state index contributed by atoms with van der Waals surface area (Å²) in [6.45, 7) is 4.49. The molecule has 3 rings (SSSR count). The van der Waals surface area contributed by atoms with E-state index < -0.39 is 0 Å². The summed E-state index contributed by atoms with van der Waals surface area (Å²) in [7, 11) is 4.83. The van der Waals surface area contributed by atoms with Crippen molar-refractivity contribution in [3.8, 4) is 17.2 Å². The zero-order valence-corrected chi connectivity index (χ0v) is 18.3. The number of nitrogens with zero attached hydrogens (tertiary/aromatic N) is 3. The van der Waals surface area contributed by atoms with Crippen molar-refractivity contribution in [3.05, 3.63) is 17.7 Å². The molecule has 2 saturated heterocycles. The van der Waals surface area contributed by atoms with Crippen molar-refractivity contribution >= 4 is 11.8 Å². The van der Waals surface area contributed by atoms with E-state index in [2.05, 4.69) is 4.90 Å². The van der Waals surface area contributed by atoms with Crippen LogP contribution in [0.1, 0.15) is 31.2 Å². The topological polar surface area (TPSA) is 71.6 Å². The molecule has 2 aliphatic rings. The third-order valence-corrected chi connectivity index (χ3v) is 5.90. The van der Waals surface area contributed by atoms with Crippen molar-refractivity contribution in [1.29, 1.82) is 0 Å². The van der Waals surface area contributed by atoms with Crippen LogP contribution in [0.25, 0.3) is 0 Å². The van der Waals surface area contributed by atoms with Gasteiger partial charge in [0, 0.05) is 51.3 Å². The highest BCUT2D eigenvalue weighted by atomic mass is 16.5. The SMILES string of the molecule is COc1ccc(CN2CCN(C(=O)CN3CCCCCC3=O)CC2)c(OC)c1OC. The van der Waals surface area contributed by atoms with Crippen molar-refractivity contribution in [2.75, 3.05) is 60.6 Å². The molecule has 0 bridgehead atoms. The van der Waals surface area contributed by atoms with Crippen molar-refractivity contribution in [2.45, 2.75) is 32.2 Å². The molecular formula is C22H33N3O5. The average molecular weight is 420 g/mol. The molecule has 2 amide bonds. The fraction of sp³-hybridized carbons (Fsp3) is 0.636. The maximum Gasteiger partial charge on any atom is 0.242 e. The molecule has 0 radical (unpaired) electrons. The number of methoxy groups -OCH3 is 3. The average Bonchev–Trinajstić information content (AvgIpc) is 2.97. The maximum atomic E-state index is 12.7. The summed E-state index contributed by atoms with van der Waals surface area (Å²) < 4.78 is 16.4. The standard InChI is InChI=1S/C22H33N3O5/c1-28-18-9-8-17(21(29-2)22(18)30-3)15-23-11-13-24(14-12-23)20(27)16-25-10-6-4-5-7-19(25)26/h8-9H,4-7,10-16H2,1-3H3. The lowest BCUT2D eigenvalue weighted by Gasteiger charge is -2.36. The van der Waals surface area contributed by atoms with Gasteiger partial charge in [0.1, 0.15) is 0 Å². The minimum Gasteiger partial charge on any atom is -0.493 e. The molecule has 1 aromatic rings. The zero-order chi connectivity index (χ0) is 21.5. The highest BCUT2D eigenvalue weighted by Crippen LogP contribution is 2.40. The summed E-state index contributed by atoms with van der Waals surface area (Å²) >= 11 is 0. The minimum atomic E-state index is 0.0496. The number of piperazine rings is 1. The lowest BCUT2D eigenvalue weighted by atomic mass is 10.1. The van der Waals surface area contributed by atoms with Gasteiger partial charge in [-0.2, -0.15) is 0 Å². The number of carbonyl (C=O) groups excluding carboxylic acids is 2. The van der Waals surface area contributed by atoms with E-state index in [-0.39, 0.29) is 18.4 Å². The second-order valence-electron chi connectivity index (χ2n) is 7.78. The van der Waals surface area contributed by atoms with Gasteiger partial charge in [0.25, 0.3) is 0 Å². The fourth-order valence-electron chi connectivity index (χ4n) is 4.15. The van der Waals surface area contributed by atoms with Gasteiger partial charge >= 0.3 is 0 Å². The molecule has 0 N–H and O–H groups in total. The summed E-state index contributed by atoms with van der Waals surface area (Å²) in [5, 5.41) is 0. The van der Waals surface area contributed by atoms with Gasteiger partial charge in [0.2, 0.25) is 17.6 Å². The molecule has 0 unspecified atom stereocenters. The van der Waals surface area contributed by atoms with Crippen LogP contribution in [0.15, 0.2) is 12.1 Å². The van der Waals surface area contributed by atoms with Gasteiger partial charge in [0.15, 0.2) is 11.5 Å². The molecule has 0 aromatic heterocycles. The molecule has 0 spiro atoms. The summed E-state index contributed by atoms with van der Waals surface area (Å²) in [6.07, 6.45) is 3.55. The van der Waals surface area contributed by atoms with E-state index in [4.69, 9.17) is 14.2 Å². The predicted octanol–water partition coefficient (Wildman–Crippen LogP) is 1.76. The Morgan fingerprint density at radius 1 is 0.900 bits per heavy atom. The largest absolute Gasteiger partial charge is 0.493 e. The van der Waals surface area contributed by atoms with Crippen molar-refractivity contribution < 1.29 is 23.8 Å². The Labute approximate surface area is 178 Å². The summed E-state index contributed by atoms with van der Waals surface area (Å²) in [5.74, 6) is 2.06. The predicted molar refractivity (Wildman–Crippen MR) is 113 cm³/mol. The van der Waals surface area contributed by atoms with Gasteiger partial charge in [-0.1, -0.05) is 12.5 Å². The number of rotatable bonds is 7. The van der Waals surface area contributed by atoms with Gasteiger partial charge < -0.3 is 24.0 Å². The van der Waals surface area contributed by atoms with E-state index in [0.717, 1.165) is 37.9 Å². The van der Waals surface area contributed by atoms with Crippen LogP contribution in [0.3, 0.4) is 0 Å². The lowest BCUT2D eigenvalue weighted by molar-refractivity contribution is -0.141. The van der Waals surface area contributed by atoms with Gasteiger partial charge in [-0.05, 0) is 18.9 Å². The van der Waals surface area contributed by atoms with Gasteiger partial charge in [-0.25, -0.2) is 0 Å². The number of hydrogen-bond acceptors (Lipinski definition) is 6. The molecular weight excluding hydrogens is 386 g/mol. The molecule has 1 aromatic carbocycles. The Hall–Kier alpha value is -2.48. The Morgan fingerprint density at radius 2 is 1.63 bits per heavy atom. The van der Waals surface area contributed by atoms with Crippen molar-refractivity contribution in [2.24, 2.45) is 0 Å². The Morgan fingerprint density at radius 3 is 2.30 bits per heavy atom. The van der Waals surface area contributed by atoms with Crippen LogP contribution >= 0.6 is 0 Å². The first-order valence-electron chi connectivity index (χ1n) is 10.6. The van der Waals surface area contributed by atoms with Crippen LogP contribution in [0, 0.1) is 0 Å². The smallest absolute Gasteiger partial charge is 0.242 e. The first-order chi connectivity index (χ1) is 14.6. The first-order valence-corrected chi connectivity index (χ1v) is 10.6. The molecule has 0 atom stereocenters. The molecule has 0 aliphatic carbocycles. The number of carbonyl (C=O) groups is 2. The summed E-state index contributed by atoms with van der Waals surface area (Å²) in [6, 6.07) is 3.87. The van der Waals surface area contributed by atoms with E-state index in [1.165, 1.54) is 0 Å². The van der Waals surface area contributed by atoms with E-state index in [9.17, 15) is 9.59 Å². The number of amides is 2. The normalized spacial score (nSPS) is 18.2. The number of likely N-dealkylation sites (tertiary alicyclic amines) is 1. The third kappa shape index (κ3) is 5.16. The minimum absolute atomic E-state index is 0.0496. The molecule has 0 saturated carbocycles. The summed E-state index contributed by atoms with van der Waals surface area (Å²) in [5.41, 5.74) is 1.02. The second-order valence-corrected chi connectivity index (χ2v) is 7.78. The van der Waals surface area contributed by atoms with Crippen LogP contribution in [0.2, 0.25) is 0 Å². The van der Waals surface area contributed by atoms with Gasteiger partial charge in [-0.15, -0.1) is 0 Å². The first kappa shape index (κ1) is 22.2. The second kappa shape index (κ2) is 10.5. The molecule has 2 heterocycles. The van der Waals surface area contributed by atoms with Crippen LogP contribution in [-0.4, -0.2) is 87.1 Å². The zero-order valence-electron chi connectivity index (χ0n) is 18.3. The van der Waals surface area contributed by atoms with Gasteiger partial charge in [0.05, 0.1) is 27.9 Å². The number of ether oxygens (including phenoxy) is 3. The van der Waals surface area contributed by atoms with E-state index in [1.807, 2.05) is 17.0 Å². The van der Waals surface area contributed by atoms with Crippen LogP contribution < -0.4 is 14.2 Å². The van der Waals surface area contributed by atoms with E-state index in [0.29, 0.717) is 49.8 Å². The van der Waals surface area contributed by atoms with Crippen LogP contribution in [-0.2, 0) is 16.1 Å². The third-order valence-electron chi connectivity index (χ3n) is 5.90. The van der Waals surface area contributed by atoms with E-state index >= 15 is 0 Å². The molecule has 8 nitrogen and oxygen atoms in total. The highest BCUT2D eigenvalue weighted by molar-refractivity contribution is 5.85. The molecule has 166 valence electrons. The Balaban J connectivity index is 1.55. The van der Waals surface area contributed by atoms with Gasteiger partial charge in [-0.3, -0.25) is 14.5 Å². The molecule has 2 fully saturated rings. The Bertz CT molecular complexity index is 747. The van der Waals surface area contributed by atoms with Crippen molar-refractivity contribution in [3.63, 3.8) is 0 Å². The summed E-state index contributed by atoms with van der Waals surface area (Å²) in [4.78, 5) is 30.8. The highest BCUT2D eigenvalue weighted by Gasteiger charge is 2.26.